The molecule has 26 heavy (non-hydrogen) atoms. The Labute approximate surface area is 151 Å². The van der Waals surface area contributed by atoms with Crippen LogP contribution in [0.5, 0.6) is 0 Å². The first-order valence-corrected chi connectivity index (χ1v) is 9.09. The number of fused-ring (bicyclic) bond motifs is 1. The van der Waals surface area contributed by atoms with E-state index in [4.69, 9.17) is 0 Å². The Morgan fingerprint density at radius 3 is 2.62 bits per heavy atom. The van der Waals surface area contributed by atoms with E-state index in [1.54, 1.807) is 7.05 Å². The van der Waals surface area contributed by atoms with Gasteiger partial charge in [-0.05, 0) is 12.0 Å². The second-order valence-corrected chi connectivity index (χ2v) is 6.48. The molecule has 0 unspecified atom stereocenters. The van der Waals surface area contributed by atoms with Gasteiger partial charge in [0.05, 0.1) is 0 Å². The van der Waals surface area contributed by atoms with E-state index in [1.165, 1.54) is 4.57 Å². The Balaban J connectivity index is 1.96. The third-order valence-corrected chi connectivity index (χ3v) is 4.54. The van der Waals surface area contributed by atoms with E-state index in [0.29, 0.717) is 30.2 Å². The molecular weight excluding hydrogens is 330 g/mol. The van der Waals surface area contributed by atoms with Gasteiger partial charge in [0.25, 0.3) is 5.56 Å². The van der Waals surface area contributed by atoms with E-state index in [0.717, 1.165) is 31.2 Å². The van der Waals surface area contributed by atoms with Gasteiger partial charge in [-0.2, -0.15) is 4.98 Å². The molecule has 138 valence electrons. The van der Waals surface area contributed by atoms with Crippen molar-refractivity contribution in [2.45, 2.75) is 45.7 Å². The van der Waals surface area contributed by atoms with Crippen LogP contribution >= 0.6 is 0 Å². The first-order chi connectivity index (χ1) is 12.6. The van der Waals surface area contributed by atoms with Gasteiger partial charge in [-0.15, -0.1) is 0 Å². The van der Waals surface area contributed by atoms with Gasteiger partial charge in [0.1, 0.15) is 0 Å². The molecule has 0 aliphatic rings. The van der Waals surface area contributed by atoms with Crippen molar-refractivity contribution in [1.29, 1.82) is 0 Å². The molecular formula is C19H25N5O2. The molecule has 0 saturated carbocycles. The van der Waals surface area contributed by atoms with Crippen LogP contribution < -0.4 is 16.6 Å². The van der Waals surface area contributed by atoms with Gasteiger partial charge < -0.3 is 9.88 Å². The van der Waals surface area contributed by atoms with Crippen LogP contribution in [0.2, 0.25) is 0 Å². The molecule has 0 radical (unpaired) electrons. The summed E-state index contributed by atoms with van der Waals surface area (Å²) in [4.78, 5) is 31.2. The van der Waals surface area contributed by atoms with Crippen LogP contribution in [0.15, 0.2) is 39.9 Å². The molecule has 0 bridgehead atoms. The van der Waals surface area contributed by atoms with E-state index in [-0.39, 0.29) is 5.56 Å². The SMILES string of the molecule is CCCCCCn1c(NCc2ccccc2)nc2c1c(=O)[nH]c(=O)n2C. The predicted octanol–water partition coefficient (Wildman–Crippen LogP) is 2.62. The number of aryl methyl sites for hydroxylation is 2. The number of H-pyrrole nitrogens is 1. The smallest absolute Gasteiger partial charge is 0.329 e. The van der Waals surface area contributed by atoms with Crippen LogP contribution in [0.25, 0.3) is 11.2 Å². The summed E-state index contributed by atoms with van der Waals surface area (Å²) in [6, 6.07) is 10.0. The zero-order valence-corrected chi connectivity index (χ0v) is 15.3. The lowest BCUT2D eigenvalue weighted by atomic mass is 10.2. The second-order valence-electron chi connectivity index (χ2n) is 6.48. The standard InChI is InChI=1S/C19H25N5O2/c1-3-4-5-9-12-24-15-16(23(2)19(26)22-17(15)25)21-18(24)20-13-14-10-7-6-8-11-14/h6-8,10-11H,3-5,9,12-13H2,1-2H3,(H,20,21)(H,22,25,26). The normalized spacial score (nSPS) is 11.2. The number of anilines is 1. The molecule has 2 N–H and O–H groups in total. The van der Waals surface area contributed by atoms with E-state index in [2.05, 4.69) is 22.2 Å². The quantitative estimate of drug-likeness (QED) is 0.608. The fraction of sp³-hybridized carbons (Fsp3) is 0.421. The van der Waals surface area contributed by atoms with E-state index < -0.39 is 5.69 Å². The summed E-state index contributed by atoms with van der Waals surface area (Å²) < 4.78 is 3.28. The molecule has 0 fully saturated rings. The number of imidazole rings is 1. The van der Waals surface area contributed by atoms with Crippen molar-refractivity contribution < 1.29 is 0 Å². The van der Waals surface area contributed by atoms with Crippen LogP contribution in [-0.2, 0) is 20.1 Å². The number of aromatic amines is 1. The topological polar surface area (TPSA) is 84.7 Å². The number of nitrogens with zero attached hydrogens (tertiary/aromatic N) is 3. The van der Waals surface area contributed by atoms with Crippen LogP contribution in [0.1, 0.15) is 38.2 Å². The lowest BCUT2D eigenvalue weighted by Crippen LogP contribution is -2.29. The molecule has 1 aromatic carbocycles. The first-order valence-electron chi connectivity index (χ1n) is 9.09. The number of hydrogen-bond donors (Lipinski definition) is 2. The van der Waals surface area contributed by atoms with Crippen molar-refractivity contribution in [3.63, 3.8) is 0 Å². The number of nitrogens with one attached hydrogen (secondary N) is 2. The summed E-state index contributed by atoms with van der Waals surface area (Å²) in [5.74, 6) is 0.618. The third kappa shape index (κ3) is 3.71. The van der Waals surface area contributed by atoms with Crippen LogP contribution in [0.3, 0.4) is 0 Å². The molecule has 0 aliphatic heterocycles. The zero-order valence-electron chi connectivity index (χ0n) is 15.3. The zero-order chi connectivity index (χ0) is 18.5. The maximum Gasteiger partial charge on any atom is 0.329 e. The summed E-state index contributed by atoms with van der Waals surface area (Å²) in [6.07, 6.45) is 4.37. The highest BCUT2D eigenvalue weighted by molar-refractivity contribution is 5.74. The van der Waals surface area contributed by atoms with E-state index in [9.17, 15) is 9.59 Å². The molecule has 3 rings (SSSR count). The second kappa shape index (κ2) is 8.03. The molecule has 7 heteroatoms. The predicted molar refractivity (Wildman–Crippen MR) is 104 cm³/mol. The third-order valence-electron chi connectivity index (χ3n) is 4.54. The van der Waals surface area contributed by atoms with Gasteiger partial charge in [-0.25, -0.2) is 4.79 Å². The largest absolute Gasteiger partial charge is 0.352 e. The summed E-state index contributed by atoms with van der Waals surface area (Å²) >= 11 is 0. The lowest BCUT2D eigenvalue weighted by Gasteiger charge is -2.10. The number of rotatable bonds is 8. The van der Waals surface area contributed by atoms with Crippen LogP contribution in [0.4, 0.5) is 5.95 Å². The number of aromatic nitrogens is 4. The van der Waals surface area contributed by atoms with Crippen molar-refractivity contribution in [3.8, 4) is 0 Å². The van der Waals surface area contributed by atoms with Gasteiger partial charge >= 0.3 is 5.69 Å². The molecule has 0 aliphatic carbocycles. The van der Waals surface area contributed by atoms with Crippen molar-refractivity contribution >= 4 is 17.1 Å². The maximum absolute atomic E-state index is 12.4. The Hall–Kier alpha value is -2.83. The summed E-state index contributed by atoms with van der Waals surface area (Å²) in [6.45, 7) is 3.46. The Bertz CT molecular complexity index is 985. The lowest BCUT2D eigenvalue weighted by molar-refractivity contribution is 0.592. The summed E-state index contributed by atoms with van der Waals surface area (Å²) in [5.41, 5.74) is 1.13. The highest BCUT2D eigenvalue weighted by atomic mass is 16.2. The minimum Gasteiger partial charge on any atom is -0.352 e. The Morgan fingerprint density at radius 2 is 1.88 bits per heavy atom. The molecule has 0 amide bonds. The van der Waals surface area contributed by atoms with Crippen LogP contribution in [0, 0.1) is 0 Å². The number of unbranched alkanes of at least 4 members (excludes halogenated alkanes) is 3. The van der Waals surface area contributed by atoms with Gasteiger partial charge in [0.15, 0.2) is 11.2 Å². The average molecular weight is 355 g/mol. The highest BCUT2D eigenvalue weighted by Crippen LogP contribution is 2.17. The fourth-order valence-electron chi connectivity index (χ4n) is 3.06. The van der Waals surface area contributed by atoms with Gasteiger partial charge in [0.2, 0.25) is 5.95 Å². The maximum atomic E-state index is 12.4. The number of benzene rings is 1. The van der Waals surface area contributed by atoms with Crippen molar-refractivity contribution in [1.82, 2.24) is 19.1 Å². The molecule has 3 aromatic rings. The first kappa shape index (κ1) is 18.0. The van der Waals surface area contributed by atoms with E-state index >= 15 is 0 Å². The monoisotopic (exact) mass is 355 g/mol. The van der Waals surface area contributed by atoms with Crippen LogP contribution in [-0.4, -0.2) is 19.1 Å². The van der Waals surface area contributed by atoms with Crippen molar-refractivity contribution in [2.24, 2.45) is 7.05 Å². The Morgan fingerprint density at radius 1 is 1.12 bits per heavy atom. The molecule has 7 nitrogen and oxygen atoms in total. The van der Waals surface area contributed by atoms with Gasteiger partial charge in [-0.3, -0.25) is 14.3 Å². The molecule has 0 atom stereocenters. The average Bonchev–Trinajstić information content (AvgIpc) is 3.02. The van der Waals surface area contributed by atoms with Gasteiger partial charge in [-0.1, -0.05) is 56.5 Å². The van der Waals surface area contributed by atoms with E-state index in [1.807, 2.05) is 34.9 Å². The number of hydrogen-bond acceptors (Lipinski definition) is 4. The fourth-order valence-corrected chi connectivity index (χ4v) is 3.06. The summed E-state index contributed by atoms with van der Waals surface area (Å²) in [7, 11) is 1.62. The van der Waals surface area contributed by atoms with Gasteiger partial charge in [0, 0.05) is 20.1 Å². The minimum atomic E-state index is -0.451. The minimum absolute atomic E-state index is 0.390. The summed E-state index contributed by atoms with van der Waals surface area (Å²) in [5, 5.41) is 3.32. The molecule has 2 heterocycles. The Kier molecular flexibility index (Phi) is 5.55. The molecule has 2 aromatic heterocycles. The molecule has 0 saturated heterocycles. The molecule has 0 spiro atoms. The van der Waals surface area contributed by atoms with Crippen molar-refractivity contribution in [3.05, 3.63) is 56.7 Å². The van der Waals surface area contributed by atoms with Crippen molar-refractivity contribution in [2.75, 3.05) is 5.32 Å². The highest BCUT2D eigenvalue weighted by Gasteiger charge is 2.16.